The Morgan fingerprint density at radius 3 is 1.93 bits per heavy atom. The van der Waals surface area contributed by atoms with Crippen molar-refractivity contribution in [2.45, 2.75) is 51.7 Å². The quantitative estimate of drug-likeness (QED) is 0.675. The van der Waals surface area contributed by atoms with Crippen LogP contribution in [-0.2, 0) is 11.8 Å². The monoisotopic (exact) mass is 220 g/mol. The fourth-order valence-electron chi connectivity index (χ4n) is 1.63. The third-order valence-electron chi connectivity index (χ3n) is 2.83. The van der Waals surface area contributed by atoms with Gasteiger partial charge < -0.3 is 0 Å². The van der Waals surface area contributed by atoms with Crippen LogP contribution in [0.5, 0.6) is 0 Å². The Labute approximate surface area is 96.3 Å². The predicted molar refractivity (Wildman–Crippen MR) is 72.5 cm³/mol. The van der Waals surface area contributed by atoms with E-state index in [1.807, 2.05) is 0 Å². The maximum Gasteiger partial charge on any atom is 0.0308 e. The fourth-order valence-corrected chi connectivity index (χ4v) is 2.54. The van der Waals surface area contributed by atoms with Crippen LogP contribution in [-0.4, -0.2) is 8.80 Å². The molecule has 84 valence electrons. The molecular formula is C14H24Si. The molecule has 0 saturated heterocycles. The van der Waals surface area contributed by atoms with Crippen LogP contribution in [0.4, 0.5) is 0 Å². The highest BCUT2D eigenvalue weighted by Crippen LogP contribution is 2.22. The Bertz CT molecular complexity index is 290. The van der Waals surface area contributed by atoms with Crippen molar-refractivity contribution in [1.82, 2.24) is 0 Å². The first kappa shape index (κ1) is 12.5. The van der Waals surface area contributed by atoms with Crippen LogP contribution in [0.1, 0.15) is 31.9 Å². The Kier molecular flexibility index (Phi) is 4.15. The van der Waals surface area contributed by atoms with E-state index in [9.17, 15) is 0 Å². The minimum absolute atomic E-state index is 0.283. The Morgan fingerprint density at radius 1 is 1.00 bits per heavy atom. The van der Waals surface area contributed by atoms with Gasteiger partial charge in [-0.3, -0.25) is 0 Å². The lowest BCUT2D eigenvalue weighted by Crippen LogP contribution is -2.10. The predicted octanol–water partition coefficient (Wildman–Crippen LogP) is 4.01. The lowest BCUT2D eigenvalue weighted by molar-refractivity contribution is 0.590. The molecule has 0 bridgehead atoms. The summed E-state index contributed by atoms with van der Waals surface area (Å²) < 4.78 is 0. The van der Waals surface area contributed by atoms with Crippen LogP contribution in [0.3, 0.4) is 0 Å². The molecule has 0 fully saturated rings. The van der Waals surface area contributed by atoms with Crippen LogP contribution in [0, 0.1) is 0 Å². The number of benzene rings is 1. The summed E-state index contributed by atoms with van der Waals surface area (Å²) >= 11 is 0. The lowest BCUT2D eigenvalue weighted by Gasteiger charge is -2.19. The summed E-state index contributed by atoms with van der Waals surface area (Å²) in [6.07, 6.45) is 1.27. The highest BCUT2D eigenvalue weighted by molar-refractivity contribution is 6.55. The first-order valence-corrected chi connectivity index (χ1v) is 9.11. The lowest BCUT2D eigenvalue weighted by atomic mass is 9.86. The van der Waals surface area contributed by atoms with Gasteiger partial charge in [0.25, 0.3) is 0 Å². The molecule has 0 aliphatic heterocycles. The average Bonchev–Trinajstić information content (AvgIpc) is 2.14. The van der Waals surface area contributed by atoms with Crippen LogP contribution < -0.4 is 0 Å². The molecule has 0 atom stereocenters. The van der Waals surface area contributed by atoms with Gasteiger partial charge in [-0.1, -0.05) is 64.2 Å². The van der Waals surface area contributed by atoms with Gasteiger partial charge in [0.05, 0.1) is 0 Å². The molecular weight excluding hydrogens is 196 g/mol. The van der Waals surface area contributed by atoms with Crippen molar-refractivity contribution in [1.29, 1.82) is 0 Å². The van der Waals surface area contributed by atoms with Gasteiger partial charge in [-0.2, -0.15) is 0 Å². The first-order chi connectivity index (χ1) is 6.89. The Morgan fingerprint density at radius 2 is 1.53 bits per heavy atom. The van der Waals surface area contributed by atoms with Crippen molar-refractivity contribution in [3.63, 3.8) is 0 Å². The highest BCUT2D eigenvalue weighted by atomic mass is 28.3. The standard InChI is InChI=1S/C14H24Si/c1-14(2,3)13-8-6-12(7-9-13)10-11-15(4)5/h6-9,15H,10-11H2,1-5H3. The van der Waals surface area contributed by atoms with Crippen molar-refractivity contribution in [3.05, 3.63) is 35.4 Å². The molecule has 15 heavy (non-hydrogen) atoms. The summed E-state index contributed by atoms with van der Waals surface area (Å²) in [5.41, 5.74) is 3.22. The van der Waals surface area contributed by atoms with Crippen molar-refractivity contribution < 1.29 is 0 Å². The van der Waals surface area contributed by atoms with Crippen LogP contribution in [0.2, 0.25) is 19.1 Å². The number of rotatable bonds is 3. The van der Waals surface area contributed by atoms with E-state index >= 15 is 0 Å². The number of aryl methyl sites for hydroxylation is 1. The van der Waals surface area contributed by atoms with Crippen LogP contribution >= 0.6 is 0 Å². The molecule has 0 N–H and O–H groups in total. The first-order valence-electron chi connectivity index (χ1n) is 5.99. The van der Waals surface area contributed by atoms with Gasteiger partial charge in [0, 0.05) is 8.80 Å². The molecule has 0 aromatic heterocycles. The molecule has 0 unspecified atom stereocenters. The Hall–Kier alpha value is -0.563. The van der Waals surface area contributed by atoms with E-state index in [4.69, 9.17) is 0 Å². The van der Waals surface area contributed by atoms with E-state index in [0.717, 1.165) is 0 Å². The van der Waals surface area contributed by atoms with Gasteiger partial charge in [0.15, 0.2) is 0 Å². The Balaban J connectivity index is 2.65. The van der Waals surface area contributed by atoms with Gasteiger partial charge in [-0.15, -0.1) is 0 Å². The topological polar surface area (TPSA) is 0 Å². The maximum atomic E-state index is 2.42. The molecule has 0 spiro atoms. The summed E-state index contributed by atoms with van der Waals surface area (Å²) in [6.45, 7) is 11.6. The van der Waals surface area contributed by atoms with Crippen molar-refractivity contribution in [2.75, 3.05) is 0 Å². The molecule has 1 heteroatoms. The zero-order valence-corrected chi connectivity index (χ0v) is 12.0. The van der Waals surface area contributed by atoms with Gasteiger partial charge >= 0.3 is 0 Å². The summed E-state index contributed by atoms with van der Waals surface area (Å²) in [5.74, 6) is 0. The second-order valence-electron chi connectivity index (χ2n) is 5.88. The zero-order valence-electron chi connectivity index (χ0n) is 10.8. The highest BCUT2D eigenvalue weighted by Gasteiger charge is 2.12. The molecule has 0 radical (unpaired) electrons. The number of hydrogen-bond acceptors (Lipinski definition) is 0. The van der Waals surface area contributed by atoms with E-state index in [0.29, 0.717) is 0 Å². The third kappa shape index (κ3) is 4.21. The van der Waals surface area contributed by atoms with Gasteiger partial charge in [-0.05, 0) is 23.0 Å². The van der Waals surface area contributed by atoms with Gasteiger partial charge in [-0.25, -0.2) is 0 Å². The summed E-state index contributed by atoms with van der Waals surface area (Å²) in [7, 11) is -0.386. The molecule has 0 aliphatic rings. The minimum Gasteiger partial charge on any atom is -0.0722 e. The molecule has 1 rings (SSSR count). The largest absolute Gasteiger partial charge is 0.0722 e. The summed E-state index contributed by atoms with van der Waals surface area (Å²) in [5, 5.41) is 0. The molecule has 0 aliphatic carbocycles. The van der Waals surface area contributed by atoms with E-state index in [-0.39, 0.29) is 14.2 Å². The zero-order chi connectivity index (χ0) is 11.5. The fraction of sp³-hybridized carbons (Fsp3) is 0.571. The normalized spacial score (nSPS) is 12.1. The smallest absolute Gasteiger partial charge is 0.0308 e. The average molecular weight is 220 g/mol. The molecule has 1 aromatic rings. The SMILES string of the molecule is C[SiH](C)CCc1ccc(C(C)(C)C)cc1. The summed E-state index contributed by atoms with van der Waals surface area (Å²) in [6, 6.07) is 10.6. The second-order valence-corrected chi connectivity index (χ2v) is 9.24. The van der Waals surface area contributed by atoms with Crippen molar-refractivity contribution >= 4 is 8.80 Å². The molecule has 0 saturated carbocycles. The number of hydrogen-bond donors (Lipinski definition) is 0. The molecule has 1 aromatic carbocycles. The molecule has 0 amide bonds. The van der Waals surface area contributed by atoms with Gasteiger partial charge in [0.1, 0.15) is 0 Å². The van der Waals surface area contributed by atoms with Crippen LogP contribution in [0.15, 0.2) is 24.3 Å². The molecule has 0 heterocycles. The van der Waals surface area contributed by atoms with Crippen LogP contribution in [0.25, 0.3) is 0 Å². The van der Waals surface area contributed by atoms with Gasteiger partial charge in [0.2, 0.25) is 0 Å². The van der Waals surface area contributed by atoms with E-state index in [1.165, 1.54) is 23.6 Å². The maximum absolute atomic E-state index is 2.42. The second kappa shape index (κ2) is 4.98. The van der Waals surface area contributed by atoms with E-state index in [2.05, 4.69) is 58.1 Å². The minimum atomic E-state index is -0.386. The summed E-state index contributed by atoms with van der Waals surface area (Å²) in [4.78, 5) is 0. The van der Waals surface area contributed by atoms with Crippen molar-refractivity contribution in [2.24, 2.45) is 0 Å². The van der Waals surface area contributed by atoms with E-state index in [1.54, 1.807) is 0 Å². The third-order valence-corrected chi connectivity index (χ3v) is 4.27. The molecule has 0 nitrogen and oxygen atoms in total. The van der Waals surface area contributed by atoms with E-state index < -0.39 is 0 Å². The van der Waals surface area contributed by atoms with Crippen molar-refractivity contribution in [3.8, 4) is 0 Å².